The Hall–Kier alpha value is -1.75. The second-order valence-electron chi connectivity index (χ2n) is 6.87. The first-order chi connectivity index (χ1) is 13.0. The Morgan fingerprint density at radius 3 is 2.48 bits per heavy atom. The minimum atomic E-state index is -0.305. The fraction of sp³-hybridized carbons (Fsp3) is 0.381. The summed E-state index contributed by atoms with van der Waals surface area (Å²) in [6, 6.07) is 15.4. The number of halogens is 2. The van der Waals surface area contributed by atoms with Crippen molar-refractivity contribution in [3.63, 3.8) is 0 Å². The van der Waals surface area contributed by atoms with Gasteiger partial charge in [0.25, 0.3) is 0 Å². The Bertz CT molecular complexity index is 776. The SMILES string of the molecule is CCC(C)NC(=O)N1CC(O[C@@H](c2ccc(Cl)cc2)c2ccccc2Cl)C1. The van der Waals surface area contributed by atoms with Crippen molar-refractivity contribution in [3.05, 3.63) is 69.7 Å². The molecular weight excluding hydrogens is 383 g/mol. The first kappa shape index (κ1) is 20.0. The molecule has 1 unspecified atom stereocenters. The average molecular weight is 407 g/mol. The molecule has 1 fully saturated rings. The number of nitrogens with one attached hydrogen (secondary N) is 1. The lowest BCUT2D eigenvalue weighted by atomic mass is 10.0. The molecule has 1 saturated heterocycles. The van der Waals surface area contributed by atoms with E-state index in [9.17, 15) is 4.79 Å². The summed E-state index contributed by atoms with van der Waals surface area (Å²) < 4.78 is 6.34. The third kappa shape index (κ3) is 4.95. The molecule has 1 aliphatic rings. The van der Waals surface area contributed by atoms with Crippen molar-refractivity contribution in [2.75, 3.05) is 13.1 Å². The van der Waals surface area contributed by atoms with Gasteiger partial charge in [-0.3, -0.25) is 0 Å². The lowest BCUT2D eigenvalue weighted by molar-refractivity contribution is -0.0647. The van der Waals surface area contributed by atoms with Crippen molar-refractivity contribution in [3.8, 4) is 0 Å². The van der Waals surface area contributed by atoms with Gasteiger partial charge in [-0.05, 0) is 37.1 Å². The number of hydrogen-bond donors (Lipinski definition) is 1. The highest BCUT2D eigenvalue weighted by molar-refractivity contribution is 6.31. The summed E-state index contributed by atoms with van der Waals surface area (Å²) in [5.41, 5.74) is 1.89. The van der Waals surface area contributed by atoms with Gasteiger partial charge in [-0.2, -0.15) is 0 Å². The van der Waals surface area contributed by atoms with Crippen molar-refractivity contribution in [1.29, 1.82) is 0 Å². The molecule has 1 aliphatic heterocycles. The van der Waals surface area contributed by atoms with Crippen LogP contribution in [0.5, 0.6) is 0 Å². The molecule has 0 aromatic heterocycles. The topological polar surface area (TPSA) is 41.6 Å². The molecule has 0 radical (unpaired) electrons. The quantitative estimate of drug-likeness (QED) is 0.707. The van der Waals surface area contributed by atoms with Crippen molar-refractivity contribution in [2.24, 2.45) is 0 Å². The van der Waals surface area contributed by atoms with Crippen LogP contribution in [0, 0.1) is 0 Å². The van der Waals surface area contributed by atoms with Gasteiger partial charge in [-0.15, -0.1) is 0 Å². The minimum Gasteiger partial charge on any atom is -0.362 e. The number of nitrogens with zero attached hydrogens (tertiary/aromatic N) is 1. The number of carbonyl (C=O) groups excluding carboxylic acids is 1. The zero-order valence-electron chi connectivity index (χ0n) is 15.5. The minimum absolute atomic E-state index is 0.0370. The smallest absolute Gasteiger partial charge is 0.317 e. The van der Waals surface area contributed by atoms with Crippen LogP contribution in [-0.4, -0.2) is 36.2 Å². The first-order valence-corrected chi connectivity index (χ1v) is 9.94. The summed E-state index contributed by atoms with van der Waals surface area (Å²) in [6.07, 6.45) is 0.565. The molecule has 0 bridgehead atoms. The maximum absolute atomic E-state index is 12.2. The summed E-state index contributed by atoms with van der Waals surface area (Å²) >= 11 is 12.4. The van der Waals surface area contributed by atoms with Gasteiger partial charge in [0.05, 0.1) is 19.2 Å². The van der Waals surface area contributed by atoms with Gasteiger partial charge < -0.3 is 15.0 Å². The number of urea groups is 1. The monoisotopic (exact) mass is 406 g/mol. The number of amides is 2. The number of carbonyl (C=O) groups is 1. The number of likely N-dealkylation sites (tertiary alicyclic amines) is 1. The third-order valence-corrected chi connectivity index (χ3v) is 5.40. The van der Waals surface area contributed by atoms with Crippen LogP contribution in [-0.2, 0) is 4.74 Å². The van der Waals surface area contributed by atoms with Gasteiger partial charge in [0.1, 0.15) is 6.10 Å². The Morgan fingerprint density at radius 1 is 1.19 bits per heavy atom. The zero-order chi connectivity index (χ0) is 19.4. The van der Waals surface area contributed by atoms with E-state index in [2.05, 4.69) is 5.32 Å². The highest BCUT2D eigenvalue weighted by atomic mass is 35.5. The van der Waals surface area contributed by atoms with Gasteiger partial charge in [-0.25, -0.2) is 4.79 Å². The van der Waals surface area contributed by atoms with Gasteiger partial charge in [0, 0.05) is 21.7 Å². The van der Waals surface area contributed by atoms with Crippen LogP contribution in [0.3, 0.4) is 0 Å². The third-order valence-electron chi connectivity index (χ3n) is 4.81. The van der Waals surface area contributed by atoms with Crippen LogP contribution in [0.25, 0.3) is 0 Å². The molecular formula is C21H24Cl2N2O2. The van der Waals surface area contributed by atoms with E-state index in [-0.39, 0.29) is 24.3 Å². The van der Waals surface area contributed by atoms with Crippen LogP contribution < -0.4 is 5.32 Å². The standard InChI is InChI=1S/C21H24Cl2N2O2/c1-3-14(2)24-21(26)25-12-17(13-25)27-20(15-8-10-16(22)11-9-15)18-6-4-5-7-19(18)23/h4-11,14,17,20H,3,12-13H2,1-2H3,(H,24,26)/t14?,20-/m0/s1. The number of rotatable bonds is 6. The first-order valence-electron chi connectivity index (χ1n) is 9.18. The molecule has 0 aliphatic carbocycles. The van der Waals surface area contributed by atoms with E-state index in [0.717, 1.165) is 17.5 Å². The molecule has 4 nitrogen and oxygen atoms in total. The van der Waals surface area contributed by atoms with Crippen molar-refractivity contribution in [2.45, 2.75) is 38.5 Å². The van der Waals surface area contributed by atoms with Crippen molar-refractivity contribution < 1.29 is 9.53 Å². The van der Waals surface area contributed by atoms with E-state index in [1.54, 1.807) is 4.90 Å². The average Bonchev–Trinajstić information content (AvgIpc) is 2.62. The normalized spacial score (nSPS) is 16.5. The Balaban J connectivity index is 1.70. The van der Waals surface area contributed by atoms with Crippen LogP contribution in [0.1, 0.15) is 37.5 Å². The molecule has 3 rings (SSSR count). The predicted octanol–water partition coefficient (Wildman–Crippen LogP) is 5.29. The van der Waals surface area contributed by atoms with Crippen LogP contribution in [0.15, 0.2) is 48.5 Å². The van der Waals surface area contributed by atoms with Gasteiger partial charge in [-0.1, -0.05) is 60.5 Å². The van der Waals surface area contributed by atoms with Crippen molar-refractivity contribution >= 4 is 29.2 Å². The summed E-state index contributed by atoms with van der Waals surface area (Å²) in [5, 5.41) is 4.31. The second kappa shape index (κ2) is 8.96. The molecule has 2 atom stereocenters. The Labute approximate surface area is 170 Å². The molecule has 0 spiro atoms. The molecule has 6 heteroatoms. The second-order valence-corrected chi connectivity index (χ2v) is 7.72. The van der Waals surface area contributed by atoms with E-state index in [1.165, 1.54) is 0 Å². The molecule has 2 aromatic carbocycles. The van der Waals surface area contributed by atoms with Crippen molar-refractivity contribution in [1.82, 2.24) is 10.2 Å². The number of hydrogen-bond acceptors (Lipinski definition) is 2. The Kier molecular flexibility index (Phi) is 6.64. The fourth-order valence-corrected chi connectivity index (χ4v) is 3.30. The van der Waals surface area contributed by atoms with E-state index >= 15 is 0 Å². The molecule has 0 saturated carbocycles. The highest BCUT2D eigenvalue weighted by Gasteiger charge is 2.34. The summed E-state index contributed by atoms with van der Waals surface area (Å²) in [5.74, 6) is 0. The predicted molar refractivity (Wildman–Crippen MR) is 109 cm³/mol. The van der Waals surface area contributed by atoms with Gasteiger partial charge in [0.2, 0.25) is 0 Å². The van der Waals surface area contributed by atoms with Gasteiger partial charge >= 0.3 is 6.03 Å². The molecule has 2 amide bonds. The van der Waals surface area contributed by atoms with Crippen LogP contribution in [0.4, 0.5) is 4.79 Å². The van der Waals surface area contributed by atoms with E-state index in [1.807, 2.05) is 62.4 Å². The molecule has 1 heterocycles. The highest BCUT2D eigenvalue weighted by Crippen LogP contribution is 2.34. The lowest BCUT2D eigenvalue weighted by Crippen LogP contribution is -2.58. The molecule has 1 N–H and O–H groups in total. The maximum Gasteiger partial charge on any atom is 0.317 e. The fourth-order valence-electron chi connectivity index (χ4n) is 2.94. The lowest BCUT2D eigenvalue weighted by Gasteiger charge is -2.41. The number of ether oxygens (including phenoxy) is 1. The number of benzene rings is 2. The zero-order valence-corrected chi connectivity index (χ0v) is 17.0. The van der Waals surface area contributed by atoms with E-state index < -0.39 is 0 Å². The molecule has 144 valence electrons. The Morgan fingerprint density at radius 2 is 1.85 bits per heavy atom. The van der Waals surface area contributed by atoms with Gasteiger partial charge in [0.15, 0.2) is 0 Å². The maximum atomic E-state index is 12.2. The summed E-state index contributed by atoms with van der Waals surface area (Å²) in [4.78, 5) is 13.9. The molecule has 2 aromatic rings. The van der Waals surface area contributed by atoms with Crippen LogP contribution in [0.2, 0.25) is 10.0 Å². The summed E-state index contributed by atoms with van der Waals surface area (Å²) in [6.45, 7) is 5.18. The van der Waals surface area contributed by atoms with E-state index in [0.29, 0.717) is 23.1 Å². The van der Waals surface area contributed by atoms with E-state index in [4.69, 9.17) is 27.9 Å². The summed E-state index contributed by atoms with van der Waals surface area (Å²) in [7, 11) is 0. The van der Waals surface area contributed by atoms with Crippen LogP contribution >= 0.6 is 23.2 Å². The largest absolute Gasteiger partial charge is 0.362 e. The molecule has 27 heavy (non-hydrogen) atoms.